The van der Waals surface area contributed by atoms with E-state index in [0.29, 0.717) is 6.04 Å². The third-order valence-electron chi connectivity index (χ3n) is 4.47. The van der Waals surface area contributed by atoms with Crippen molar-refractivity contribution in [1.82, 2.24) is 15.1 Å². The SMILES string of the molecule is CC(CN1CCN(C)CC1)NCc1ccc(-c2ccccc2)o1. The predicted molar refractivity (Wildman–Crippen MR) is 94.4 cm³/mol. The van der Waals surface area contributed by atoms with E-state index in [1.165, 1.54) is 26.2 Å². The van der Waals surface area contributed by atoms with Crippen LogP contribution >= 0.6 is 0 Å². The summed E-state index contributed by atoms with van der Waals surface area (Å²) in [6, 6.07) is 14.8. The summed E-state index contributed by atoms with van der Waals surface area (Å²) < 4.78 is 5.94. The minimum Gasteiger partial charge on any atom is -0.460 e. The molecule has 1 atom stereocenters. The third-order valence-corrected chi connectivity index (χ3v) is 4.47. The van der Waals surface area contributed by atoms with Gasteiger partial charge in [-0.25, -0.2) is 0 Å². The molecule has 4 heteroatoms. The third kappa shape index (κ3) is 4.67. The number of rotatable bonds is 6. The molecule has 1 aromatic carbocycles. The minimum atomic E-state index is 0.462. The fourth-order valence-corrected chi connectivity index (χ4v) is 2.99. The second kappa shape index (κ2) is 7.77. The van der Waals surface area contributed by atoms with Crippen LogP contribution in [-0.4, -0.2) is 55.6 Å². The van der Waals surface area contributed by atoms with Crippen molar-refractivity contribution in [3.8, 4) is 11.3 Å². The molecule has 1 N–H and O–H groups in total. The maximum absolute atomic E-state index is 5.94. The van der Waals surface area contributed by atoms with Crippen LogP contribution in [-0.2, 0) is 6.54 Å². The lowest BCUT2D eigenvalue weighted by atomic mass is 10.2. The second-order valence-corrected chi connectivity index (χ2v) is 6.52. The zero-order valence-corrected chi connectivity index (χ0v) is 14.2. The lowest BCUT2D eigenvalue weighted by Crippen LogP contribution is -2.48. The molecule has 1 aliphatic heterocycles. The Labute approximate surface area is 139 Å². The molecule has 0 saturated carbocycles. The fourth-order valence-electron chi connectivity index (χ4n) is 2.99. The molecule has 1 aliphatic rings. The standard InChI is InChI=1S/C19H27N3O/c1-16(15-22-12-10-21(2)11-13-22)20-14-18-8-9-19(23-18)17-6-4-3-5-7-17/h3-9,16,20H,10-15H2,1-2H3. The van der Waals surface area contributed by atoms with Crippen LogP contribution < -0.4 is 5.32 Å². The molecule has 2 heterocycles. The maximum Gasteiger partial charge on any atom is 0.134 e. The van der Waals surface area contributed by atoms with Crippen molar-refractivity contribution in [3.05, 3.63) is 48.2 Å². The summed E-state index contributed by atoms with van der Waals surface area (Å²) in [6.45, 7) is 8.81. The highest BCUT2D eigenvalue weighted by Gasteiger charge is 2.16. The summed E-state index contributed by atoms with van der Waals surface area (Å²) in [5.41, 5.74) is 1.13. The molecule has 1 aromatic heterocycles. The quantitative estimate of drug-likeness (QED) is 0.888. The molecule has 2 aromatic rings. The van der Waals surface area contributed by atoms with E-state index >= 15 is 0 Å². The molecule has 3 rings (SSSR count). The van der Waals surface area contributed by atoms with Gasteiger partial charge in [-0.15, -0.1) is 0 Å². The summed E-state index contributed by atoms with van der Waals surface area (Å²) in [6.07, 6.45) is 0. The Morgan fingerprint density at radius 1 is 1.04 bits per heavy atom. The van der Waals surface area contributed by atoms with Gasteiger partial charge in [-0.2, -0.15) is 0 Å². The highest BCUT2D eigenvalue weighted by Crippen LogP contribution is 2.21. The molecular weight excluding hydrogens is 286 g/mol. The normalized spacial score (nSPS) is 18.2. The van der Waals surface area contributed by atoms with Crippen molar-refractivity contribution in [2.45, 2.75) is 19.5 Å². The van der Waals surface area contributed by atoms with E-state index in [-0.39, 0.29) is 0 Å². The smallest absolute Gasteiger partial charge is 0.134 e. The molecule has 23 heavy (non-hydrogen) atoms. The van der Waals surface area contributed by atoms with E-state index in [1.807, 2.05) is 18.2 Å². The van der Waals surface area contributed by atoms with Crippen LogP contribution in [0.1, 0.15) is 12.7 Å². The van der Waals surface area contributed by atoms with Crippen LogP contribution in [0, 0.1) is 0 Å². The summed E-state index contributed by atoms with van der Waals surface area (Å²) in [5.74, 6) is 1.93. The van der Waals surface area contributed by atoms with Crippen LogP contribution in [0.2, 0.25) is 0 Å². The van der Waals surface area contributed by atoms with Crippen molar-refractivity contribution in [1.29, 1.82) is 0 Å². The molecule has 1 saturated heterocycles. The number of nitrogens with one attached hydrogen (secondary N) is 1. The van der Waals surface area contributed by atoms with Crippen molar-refractivity contribution in [2.75, 3.05) is 39.8 Å². The van der Waals surface area contributed by atoms with Gasteiger partial charge in [0.2, 0.25) is 0 Å². The Morgan fingerprint density at radius 2 is 1.78 bits per heavy atom. The van der Waals surface area contributed by atoms with Gasteiger partial charge >= 0.3 is 0 Å². The first kappa shape index (κ1) is 16.2. The summed E-state index contributed by atoms with van der Waals surface area (Å²) >= 11 is 0. The lowest BCUT2D eigenvalue weighted by Gasteiger charge is -2.34. The molecule has 0 amide bonds. The zero-order chi connectivity index (χ0) is 16.1. The van der Waals surface area contributed by atoms with E-state index in [0.717, 1.165) is 30.2 Å². The molecule has 0 aliphatic carbocycles. The van der Waals surface area contributed by atoms with Crippen molar-refractivity contribution in [3.63, 3.8) is 0 Å². The number of benzene rings is 1. The first-order valence-corrected chi connectivity index (χ1v) is 8.49. The Bertz CT molecular complexity index is 588. The van der Waals surface area contributed by atoms with Crippen LogP contribution in [0.3, 0.4) is 0 Å². The molecule has 0 bridgehead atoms. The number of piperazine rings is 1. The topological polar surface area (TPSA) is 31.6 Å². The van der Waals surface area contributed by atoms with Gasteiger partial charge in [0.25, 0.3) is 0 Å². The summed E-state index contributed by atoms with van der Waals surface area (Å²) in [5, 5.41) is 3.57. The van der Waals surface area contributed by atoms with E-state index in [1.54, 1.807) is 0 Å². The highest BCUT2D eigenvalue weighted by atomic mass is 16.3. The van der Waals surface area contributed by atoms with E-state index in [2.05, 4.69) is 53.4 Å². The number of hydrogen-bond acceptors (Lipinski definition) is 4. The second-order valence-electron chi connectivity index (χ2n) is 6.52. The first-order valence-electron chi connectivity index (χ1n) is 8.49. The zero-order valence-electron chi connectivity index (χ0n) is 14.2. The number of nitrogens with zero attached hydrogens (tertiary/aromatic N) is 2. The van der Waals surface area contributed by atoms with E-state index in [9.17, 15) is 0 Å². The Kier molecular flexibility index (Phi) is 5.49. The van der Waals surface area contributed by atoms with Crippen LogP contribution in [0.5, 0.6) is 0 Å². The first-order chi connectivity index (χ1) is 11.2. The number of likely N-dealkylation sites (N-methyl/N-ethyl adjacent to an activating group) is 1. The number of furan rings is 1. The van der Waals surface area contributed by atoms with Gasteiger partial charge in [0.15, 0.2) is 0 Å². The average Bonchev–Trinajstić information content (AvgIpc) is 3.05. The summed E-state index contributed by atoms with van der Waals surface area (Å²) in [4.78, 5) is 4.93. The molecular formula is C19H27N3O. The van der Waals surface area contributed by atoms with Gasteiger partial charge in [0, 0.05) is 44.3 Å². The number of hydrogen-bond donors (Lipinski definition) is 1. The van der Waals surface area contributed by atoms with Gasteiger partial charge < -0.3 is 14.6 Å². The summed E-state index contributed by atoms with van der Waals surface area (Å²) in [7, 11) is 2.19. The van der Waals surface area contributed by atoms with Gasteiger partial charge in [-0.3, -0.25) is 4.90 Å². The van der Waals surface area contributed by atoms with Crippen molar-refractivity contribution < 1.29 is 4.42 Å². The molecule has 124 valence electrons. The largest absolute Gasteiger partial charge is 0.460 e. The Hall–Kier alpha value is -1.62. The average molecular weight is 313 g/mol. The molecule has 4 nitrogen and oxygen atoms in total. The molecule has 0 radical (unpaired) electrons. The molecule has 1 fully saturated rings. The van der Waals surface area contributed by atoms with E-state index < -0.39 is 0 Å². The lowest BCUT2D eigenvalue weighted by molar-refractivity contribution is 0.144. The molecule has 0 spiro atoms. The van der Waals surface area contributed by atoms with Gasteiger partial charge in [0.05, 0.1) is 6.54 Å². The Balaban J connectivity index is 1.46. The van der Waals surface area contributed by atoms with Crippen LogP contribution in [0.4, 0.5) is 0 Å². The van der Waals surface area contributed by atoms with Crippen LogP contribution in [0.25, 0.3) is 11.3 Å². The minimum absolute atomic E-state index is 0.462. The monoisotopic (exact) mass is 313 g/mol. The van der Waals surface area contributed by atoms with Gasteiger partial charge in [-0.05, 0) is 26.1 Å². The fraction of sp³-hybridized carbons (Fsp3) is 0.474. The highest BCUT2D eigenvalue weighted by molar-refractivity contribution is 5.57. The Morgan fingerprint density at radius 3 is 2.52 bits per heavy atom. The van der Waals surface area contributed by atoms with Crippen molar-refractivity contribution >= 4 is 0 Å². The van der Waals surface area contributed by atoms with Gasteiger partial charge in [-0.1, -0.05) is 30.3 Å². The predicted octanol–water partition coefficient (Wildman–Crippen LogP) is 2.67. The van der Waals surface area contributed by atoms with Crippen molar-refractivity contribution in [2.24, 2.45) is 0 Å². The van der Waals surface area contributed by atoms with E-state index in [4.69, 9.17) is 4.42 Å². The van der Waals surface area contributed by atoms with Gasteiger partial charge in [0.1, 0.15) is 11.5 Å². The molecule has 1 unspecified atom stereocenters. The maximum atomic E-state index is 5.94. The van der Waals surface area contributed by atoms with Crippen LogP contribution in [0.15, 0.2) is 46.9 Å².